The van der Waals surface area contributed by atoms with Crippen LogP contribution in [0.15, 0.2) is 18.2 Å². The molecule has 1 aromatic rings. The van der Waals surface area contributed by atoms with E-state index in [1.807, 2.05) is 25.1 Å². The molecular formula is C10H11N3. The first-order chi connectivity index (χ1) is 6.22. The Kier molecular flexibility index (Phi) is 3.04. The Bertz CT molecular complexity index is 341. The summed E-state index contributed by atoms with van der Waals surface area (Å²) in [7, 11) is 0. The normalized spacial score (nSPS) is 10.2. The number of nitrogens with zero attached hydrogens (tertiary/aromatic N) is 2. The van der Waals surface area contributed by atoms with Crippen LogP contribution in [-0.2, 0) is 0 Å². The number of allylic oxidation sites excluding steroid dienone is 1. The number of hydrogen-bond acceptors (Lipinski definition) is 3. The molecule has 0 amide bonds. The number of anilines is 1. The molecule has 3 nitrogen and oxygen atoms in total. The maximum Gasteiger partial charge on any atom is 0.124 e. The number of aryl methyl sites for hydroxylation is 1. The molecule has 0 saturated heterocycles. The Balaban J connectivity index is 2.84. The molecular weight excluding hydrogens is 162 g/mol. The van der Waals surface area contributed by atoms with E-state index in [2.05, 4.69) is 4.98 Å². The van der Waals surface area contributed by atoms with Gasteiger partial charge in [0.25, 0.3) is 0 Å². The van der Waals surface area contributed by atoms with Crippen LogP contribution in [0, 0.1) is 18.3 Å². The molecule has 0 aliphatic carbocycles. The maximum atomic E-state index is 8.31. The second kappa shape index (κ2) is 4.27. The number of pyridine rings is 1. The van der Waals surface area contributed by atoms with Gasteiger partial charge < -0.3 is 5.73 Å². The van der Waals surface area contributed by atoms with Crippen LogP contribution in [0.2, 0.25) is 0 Å². The van der Waals surface area contributed by atoms with Crippen molar-refractivity contribution in [2.75, 3.05) is 5.73 Å². The Morgan fingerprint density at radius 2 is 2.38 bits per heavy atom. The van der Waals surface area contributed by atoms with Crippen LogP contribution in [-0.4, -0.2) is 4.98 Å². The maximum absolute atomic E-state index is 8.31. The highest BCUT2D eigenvalue weighted by atomic mass is 14.8. The van der Waals surface area contributed by atoms with Crippen LogP contribution >= 0.6 is 0 Å². The van der Waals surface area contributed by atoms with E-state index in [9.17, 15) is 0 Å². The van der Waals surface area contributed by atoms with Gasteiger partial charge in [-0.1, -0.05) is 6.08 Å². The van der Waals surface area contributed by atoms with Gasteiger partial charge >= 0.3 is 0 Å². The van der Waals surface area contributed by atoms with E-state index in [0.717, 1.165) is 11.3 Å². The lowest BCUT2D eigenvalue weighted by Crippen LogP contribution is -1.92. The summed E-state index contributed by atoms with van der Waals surface area (Å²) in [5.41, 5.74) is 7.43. The lowest BCUT2D eigenvalue weighted by atomic mass is 10.2. The molecule has 2 N–H and O–H groups in total. The van der Waals surface area contributed by atoms with Crippen molar-refractivity contribution in [1.29, 1.82) is 5.26 Å². The summed E-state index contributed by atoms with van der Waals surface area (Å²) in [6.07, 6.45) is 3.96. The Morgan fingerprint density at radius 3 is 3.00 bits per heavy atom. The Labute approximate surface area is 77.5 Å². The van der Waals surface area contributed by atoms with Gasteiger partial charge in [-0.2, -0.15) is 5.26 Å². The Morgan fingerprint density at radius 1 is 1.62 bits per heavy atom. The largest absolute Gasteiger partial charge is 0.384 e. The van der Waals surface area contributed by atoms with E-state index in [-0.39, 0.29) is 0 Å². The molecule has 0 unspecified atom stereocenters. The third-order valence-corrected chi connectivity index (χ3v) is 1.51. The highest BCUT2D eigenvalue weighted by Gasteiger charge is 1.92. The number of aromatic nitrogens is 1. The minimum atomic E-state index is 0.398. The first kappa shape index (κ1) is 9.27. The predicted molar refractivity (Wildman–Crippen MR) is 52.7 cm³/mol. The van der Waals surface area contributed by atoms with Crippen LogP contribution in [0.1, 0.15) is 17.7 Å². The summed E-state index contributed by atoms with van der Waals surface area (Å²) < 4.78 is 0. The standard InChI is InChI=1S/C10H11N3/c1-8-6-9(4-2-3-5-11)13-10(12)7-8/h2,4,6-7H,3H2,1H3,(H2,12,13). The summed E-state index contributed by atoms with van der Waals surface area (Å²) in [5.74, 6) is 0.511. The van der Waals surface area contributed by atoms with Crippen LogP contribution in [0.4, 0.5) is 5.82 Å². The summed E-state index contributed by atoms with van der Waals surface area (Å²) in [5, 5.41) is 8.31. The van der Waals surface area contributed by atoms with Crippen LogP contribution < -0.4 is 5.73 Å². The van der Waals surface area contributed by atoms with E-state index in [4.69, 9.17) is 11.0 Å². The van der Waals surface area contributed by atoms with Crippen molar-refractivity contribution < 1.29 is 0 Å². The molecule has 0 aromatic carbocycles. The van der Waals surface area contributed by atoms with Gasteiger partial charge in [0.2, 0.25) is 0 Å². The number of rotatable bonds is 2. The van der Waals surface area contributed by atoms with Crippen molar-refractivity contribution >= 4 is 11.9 Å². The van der Waals surface area contributed by atoms with Crippen molar-refractivity contribution in [2.24, 2.45) is 0 Å². The first-order valence-corrected chi connectivity index (χ1v) is 4.00. The number of nitrogen functional groups attached to an aromatic ring is 1. The zero-order valence-electron chi connectivity index (χ0n) is 7.49. The van der Waals surface area contributed by atoms with E-state index in [1.54, 1.807) is 12.2 Å². The molecule has 0 bridgehead atoms. The second-order valence-electron chi connectivity index (χ2n) is 2.76. The van der Waals surface area contributed by atoms with Gasteiger partial charge in [0.1, 0.15) is 5.82 Å². The SMILES string of the molecule is Cc1cc(N)nc(C=CCC#N)c1. The molecule has 0 aliphatic rings. The average molecular weight is 173 g/mol. The highest BCUT2D eigenvalue weighted by molar-refractivity contribution is 5.49. The van der Waals surface area contributed by atoms with Gasteiger partial charge in [-0.05, 0) is 30.7 Å². The molecule has 1 aromatic heterocycles. The molecule has 1 heterocycles. The van der Waals surface area contributed by atoms with Gasteiger partial charge in [0.15, 0.2) is 0 Å². The molecule has 0 saturated carbocycles. The monoisotopic (exact) mass is 173 g/mol. The van der Waals surface area contributed by atoms with Crippen molar-refractivity contribution in [3.05, 3.63) is 29.5 Å². The van der Waals surface area contributed by atoms with Gasteiger partial charge in [-0.15, -0.1) is 0 Å². The summed E-state index contributed by atoms with van der Waals surface area (Å²) >= 11 is 0. The molecule has 13 heavy (non-hydrogen) atoms. The fourth-order valence-corrected chi connectivity index (χ4v) is 1.04. The third kappa shape index (κ3) is 2.96. The zero-order chi connectivity index (χ0) is 9.68. The third-order valence-electron chi connectivity index (χ3n) is 1.51. The zero-order valence-corrected chi connectivity index (χ0v) is 7.49. The van der Waals surface area contributed by atoms with E-state index in [1.165, 1.54) is 0 Å². The van der Waals surface area contributed by atoms with Gasteiger partial charge in [-0.3, -0.25) is 0 Å². The average Bonchev–Trinajstić information content (AvgIpc) is 2.03. The predicted octanol–water partition coefficient (Wildman–Crippen LogP) is 1.90. The Hall–Kier alpha value is -1.82. The molecule has 0 fully saturated rings. The minimum Gasteiger partial charge on any atom is -0.384 e. The van der Waals surface area contributed by atoms with E-state index >= 15 is 0 Å². The summed E-state index contributed by atoms with van der Waals surface area (Å²) in [4.78, 5) is 4.09. The quantitative estimate of drug-likeness (QED) is 0.742. The van der Waals surface area contributed by atoms with Crippen LogP contribution in [0.5, 0.6) is 0 Å². The summed E-state index contributed by atoms with van der Waals surface area (Å²) in [6, 6.07) is 5.75. The molecule has 3 heteroatoms. The van der Waals surface area contributed by atoms with Crippen LogP contribution in [0.3, 0.4) is 0 Å². The number of nitrogens with two attached hydrogens (primary N) is 1. The number of hydrogen-bond donors (Lipinski definition) is 1. The van der Waals surface area contributed by atoms with Crippen molar-refractivity contribution in [3.8, 4) is 6.07 Å². The second-order valence-corrected chi connectivity index (χ2v) is 2.76. The minimum absolute atomic E-state index is 0.398. The van der Waals surface area contributed by atoms with Crippen LogP contribution in [0.25, 0.3) is 6.08 Å². The molecule has 0 aliphatic heterocycles. The number of nitriles is 1. The molecule has 0 atom stereocenters. The molecule has 0 spiro atoms. The fourth-order valence-electron chi connectivity index (χ4n) is 1.04. The van der Waals surface area contributed by atoms with Crippen molar-refractivity contribution in [1.82, 2.24) is 4.98 Å². The highest BCUT2D eigenvalue weighted by Crippen LogP contribution is 2.07. The first-order valence-electron chi connectivity index (χ1n) is 4.00. The smallest absolute Gasteiger partial charge is 0.124 e. The molecule has 0 radical (unpaired) electrons. The lowest BCUT2D eigenvalue weighted by molar-refractivity contribution is 1.26. The topological polar surface area (TPSA) is 62.7 Å². The van der Waals surface area contributed by atoms with Gasteiger partial charge in [0.05, 0.1) is 18.2 Å². The van der Waals surface area contributed by atoms with Crippen molar-refractivity contribution in [2.45, 2.75) is 13.3 Å². The summed E-state index contributed by atoms with van der Waals surface area (Å²) in [6.45, 7) is 1.96. The van der Waals surface area contributed by atoms with E-state index < -0.39 is 0 Å². The van der Waals surface area contributed by atoms with Gasteiger partial charge in [-0.25, -0.2) is 4.98 Å². The fraction of sp³-hybridized carbons (Fsp3) is 0.200. The van der Waals surface area contributed by atoms with Gasteiger partial charge in [0, 0.05) is 0 Å². The van der Waals surface area contributed by atoms with Crippen molar-refractivity contribution in [3.63, 3.8) is 0 Å². The lowest BCUT2D eigenvalue weighted by Gasteiger charge is -1.97. The molecule has 66 valence electrons. The van der Waals surface area contributed by atoms with E-state index in [0.29, 0.717) is 12.2 Å². The molecule has 1 rings (SSSR count).